The van der Waals surface area contributed by atoms with Crippen LogP contribution in [0.15, 0.2) is 42.7 Å². The first-order valence-corrected chi connectivity index (χ1v) is 7.73. The number of ether oxygens (including phenoxy) is 1. The van der Waals surface area contributed by atoms with E-state index in [1.165, 1.54) is 5.56 Å². The monoisotopic (exact) mass is 288 g/mol. The van der Waals surface area contributed by atoms with Gasteiger partial charge in [-0.2, -0.15) is 5.10 Å². The number of nitrogens with zero attached hydrogens (tertiary/aromatic N) is 2. The summed E-state index contributed by atoms with van der Waals surface area (Å²) in [6, 6.07) is 9.98. The van der Waals surface area contributed by atoms with E-state index in [9.17, 15) is 4.79 Å². The molecule has 0 N–H and O–H groups in total. The Kier molecular flexibility index (Phi) is 4.06. The molecule has 0 bridgehead atoms. The number of hydrogen-bond acceptors (Lipinski definition) is 4. The van der Waals surface area contributed by atoms with Crippen LogP contribution in [0.5, 0.6) is 0 Å². The first kappa shape index (κ1) is 13.2. The van der Waals surface area contributed by atoms with E-state index >= 15 is 0 Å². The van der Waals surface area contributed by atoms with Crippen molar-refractivity contribution in [1.29, 1.82) is 0 Å². The topological polar surface area (TPSA) is 44.1 Å². The van der Waals surface area contributed by atoms with Gasteiger partial charge in [-0.05, 0) is 29.4 Å². The molecule has 2 aromatic rings. The molecular weight excluding hydrogens is 272 g/mol. The van der Waals surface area contributed by atoms with E-state index in [1.54, 1.807) is 22.6 Å². The van der Waals surface area contributed by atoms with E-state index in [1.807, 2.05) is 30.5 Å². The fourth-order valence-electron chi connectivity index (χ4n) is 2.34. The zero-order chi connectivity index (χ0) is 13.8. The van der Waals surface area contributed by atoms with Crippen LogP contribution in [0.4, 0.5) is 0 Å². The Hall–Kier alpha value is -1.75. The largest absolute Gasteiger partial charge is 0.463 e. The number of rotatable bonds is 4. The molecule has 5 heteroatoms. The van der Waals surface area contributed by atoms with Gasteiger partial charge in [0.25, 0.3) is 0 Å². The van der Waals surface area contributed by atoms with Gasteiger partial charge in [-0.1, -0.05) is 24.3 Å². The summed E-state index contributed by atoms with van der Waals surface area (Å²) in [6.45, 7) is 0.956. The number of benzene rings is 1. The van der Waals surface area contributed by atoms with E-state index in [-0.39, 0.29) is 11.2 Å². The molecule has 0 saturated carbocycles. The Labute approximate surface area is 122 Å². The molecule has 0 radical (unpaired) electrons. The second kappa shape index (κ2) is 6.13. The molecule has 1 atom stereocenters. The van der Waals surface area contributed by atoms with Crippen LogP contribution >= 0.6 is 11.8 Å². The van der Waals surface area contributed by atoms with E-state index in [0.717, 1.165) is 17.7 Å². The molecule has 4 nitrogen and oxygen atoms in total. The lowest BCUT2D eigenvalue weighted by molar-refractivity contribution is -0.143. The second-order valence-corrected chi connectivity index (χ2v) is 5.85. The van der Waals surface area contributed by atoms with Crippen molar-refractivity contribution in [3.05, 3.63) is 53.9 Å². The molecule has 0 saturated heterocycles. The number of thioether (sulfide) groups is 1. The van der Waals surface area contributed by atoms with Gasteiger partial charge in [0.1, 0.15) is 11.9 Å². The molecule has 0 fully saturated rings. The number of fused-ring (bicyclic) bond motifs is 1. The van der Waals surface area contributed by atoms with Crippen molar-refractivity contribution >= 4 is 17.7 Å². The van der Waals surface area contributed by atoms with Crippen LogP contribution in [0.3, 0.4) is 0 Å². The van der Waals surface area contributed by atoms with Crippen molar-refractivity contribution in [2.75, 3.05) is 12.4 Å². The van der Waals surface area contributed by atoms with Gasteiger partial charge >= 0.3 is 5.97 Å². The molecule has 0 amide bonds. The summed E-state index contributed by atoms with van der Waals surface area (Å²) >= 11 is 1.66. The van der Waals surface area contributed by atoms with Gasteiger partial charge in [0.05, 0.1) is 6.54 Å². The fourth-order valence-corrected chi connectivity index (χ4v) is 3.52. The third-order valence-electron chi connectivity index (χ3n) is 3.33. The fraction of sp³-hybridized carbons (Fsp3) is 0.333. The molecule has 0 aliphatic carbocycles. The highest BCUT2D eigenvalue weighted by molar-refractivity contribution is 8.00. The van der Waals surface area contributed by atoms with Gasteiger partial charge in [0, 0.05) is 12.4 Å². The lowest BCUT2D eigenvalue weighted by atomic mass is 10.0. The predicted molar refractivity (Wildman–Crippen MR) is 78.5 cm³/mol. The minimum Gasteiger partial charge on any atom is -0.463 e. The van der Waals surface area contributed by atoms with Crippen molar-refractivity contribution in [3.63, 3.8) is 0 Å². The number of aromatic nitrogens is 2. The van der Waals surface area contributed by atoms with Gasteiger partial charge in [-0.3, -0.25) is 9.48 Å². The summed E-state index contributed by atoms with van der Waals surface area (Å²) in [7, 11) is 0. The molecular formula is C15H16N2O2S. The molecule has 2 heterocycles. The van der Waals surface area contributed by atoms with Crippen LogP contribution in [0.25, 0.3) is 0 Å². The van der Waals surface area contributed by atoms with Gasteiger partial charge in [0.2, 0.25) is 0 Å². The highest BCUT2D eigenvalue weighted by Crippen LogP contribution is 2.37. The van der Waals surface area contributed by atoms with Crippen LogP contribution in [-0.4, -0.2) is 28.1 Å². The minimum absolute atomic E-state index is 0.144. The maximum absolute atomic E-state index is 12.2. The summed E-state index contributed by atoms with van der Waals surface area (Å²) in [5, 5.41) is 3.90. The third kappa shape index (κ3) is 2.88. The van der Waals surface area contributed by atoms with E-state index in [4.69, 9.17) is 4.74 Å². The number of hydrogen-bond donors (Lipinski definition) is 0. The molecule has 1 aromatic heterocycles. The van der Waals surface area contributed by atoms with E-state index in [0.29, 0.717) is 13.2 Å². The first-order chi connectivity index (χ1) is 9.84. The SMILES string of the molecule is O=C(OCCn1cccn1)[C@@H]1SCCc2ccccc21. The zero-order valence-electron chi connectivity index (χ0n) is 11.1. The Morgan fingerprint density at radius 1 is 1.40 bits per heavy atom. The smallest absolute Gasteiger partial charge is 0.323 e. The maximum Gasteiger partial charge on any atom is 0.323 e. The van der Waals surface area contributed by atoms with Crippen molar-refractivity contribution in [2.24, 2.45) is 0 Å². The van der Waals surface area contributed by atoms with Crippen molar-refractivity contribution in [2.45, 2.75) is 18.2 Å². The molecule has 1 aromatic carbocycles. The third-order valence-corrected chi connectivity index (χ3v) is 4.55. The van der Waals surface area contributed by atoms with Crippen LogP contribution < -0.4 is 0 Å². The number of aryl methyl sites for hydroxylation is 1. The van der Waals surface area contributed by atoms with Gasteiger partial charge in [-0.25, -0.2) is 0 Å². The Morgan fingerprint density at radius 2 is 2.30 bits per heavy atom. The van der Waals surface area contributed by atoms with Crippen LogP contribution in [0.1, 0.15) is 16.4 Å². The van der Waals surface area contributed by atoms with Crippen molar-refractivity contribution in [1.82, 2.24) is 9.78 Å². The lowest BCUT2D eigenvalue weighted by Crippen LogP contribution is -2.20. The summed E-state index contributed by atoms with van der Waals surface area (Å²) in [5.74, 6) is 0.824. The van der Waals surface area contributed by atoms with Crippen molar-refractivity contribution < 1.29 is 9.53 Å². The summed E-state index contributed by atoms with van der Waals surface area (Å²) in [4.78, 5) is 12.2. The summed E-state index contributed by atoms with van der Waals surface area (Å²) < 4.78 is 7.15. The van der Waals surface area contributed by atoms with Crippen LogP contribution in [0.2, 0.25) is 0 Å². The molecule has 0 unspecified atom stereocenters. The number of carbonyl (C=O) groups excluding carboxylic acids is 1. The number of esters is 1. The van der Waals surface area contributed by atoms with Crippen LogP contribution in [-0.2, 0) is 22.5 Å². The normalized spacial score (nSPS) is 17.5. The summed E-state index contributed by atoms with van der Waals surface area (Å²) in [6.07, 6.45) is 4.60. The van der Waals surface area contributed by atoms with Gasteiger partial charge < -0.3 is 4.74 Å². The average Bonchev–Trinajstić information content (AvgIpc) is 3.00. The van der Waals surface area contributed by atoms with Crippen molar-refractivity contribution in [3.8, 4) is 0 Å². The zero-order valence-corrected chi connectivity index (χ0v) is 11.9. The maximum atomic E-state index is 12.2. The quantitative estimate of drug-likeness (QED) is 0.811. The minimum atomic E-state index is -0.183. The highest BCUT2D eigenvalue weighted by atomic mass is 32.2. The Balaban J connectivity index is 1.60. The summed E-state index contributed by atoms with van der Waals surface area (Å²) in [5.41, 5.74) is 2.37. The Bertz CT molecular complexity index is 583. The number of carbonyl (C=O) groups is 1. The molecule has 3 rings (SSSR count). The molecule has 1 aliphatic heterocycles. The van der Waals surface area contributed by atoms with Gasteiger partial charge in [0.15, 0.2) is 0 Å². The highest BCUT2D eigenvalue weighted by Gasteiger charge is 2.27. The standard InChI is InChI=1S/C15H16N2O2S/c18-15(19-10-9-17-8-3-7-16-17)14-13-5-2-1-4-12(13)6-11-20-14/h1-5,7-8,14H,6,9-11H2/t14-/m1/s1. The molecule has 1 aliphatic rings. The average molecular weight is 288 g/mol. The van der Waals surface area contributed by atoms with E-state index in [2.05, 4.69) is 11.2 Å². The molecule has 0 spiro atoms. The van der Waals surface area contributed by atoms with Crippen LogP contribution in [0, 0.1) is 0 Å². The lowest BCUT2D eigenvalue weighted by Gasteiger charge is -2.23. The van der Waals surface area contributed by atoms with Gasteiger partial charge in [-0.15, -0.1) is 11.8 Å². The first-order valence-electron chi connectivity index (χ1n) is 6.68. The second-order valence-electron chi connectivity index (χ2n) is 4.64. The molecule has 104 valence electrons. The van der Waals surface area contributed by atoms with E-state index < -0.39 is 0 Å². The Morgan fingerprint density at radius 3 is 3.15 bits per heavy atom. The molecule has 20 heavy (non-hydrogen) atoms. The predicted octanol–water partition coefficient (Wildman–Crippen LogP) is 2.46.